The van der Waals surface area contributed by atoms with Gasteiger partial charge in [-0.2, -0.15) is 13.2 Å². The van der Waals surface area contributed by atoms with Gasteiger partial charge >= 0.3 is 12.1 Å². The quantitative estimate of drug-likeness (QED) is 0.730. The van der Waals surface area contributed by atoms with Gasteiger partial charge in [0.1, 0.15) is 5.54 Å². The maximum atomic E-state index is 12.2. The number of carbonyl (C=O) groups is 1. The lowest BCUT2D eigenvalue weighted by Crippen LogP contribution is -2.54. The summed E-state index contributed by atoms with van der Waals surface area (Å²) in [5, 5.41) is 11.6. The first-order valence-corrected chi connectivity index (χ1v) is 5.30. The van der Waals surface area contributed by atoms with Gasteiger partial charge in [-0.3, -0.25) is 4.79 Å². The highest BCUT2D eigenvalue weighted by atomic mass is 19.4. The van der Waals surface area contributed by atoms with E-state index in [-0.39, 0.29) is 0 Å². The van der Waals surface area contributed by atoms with Gasteiger partial charge < -0.3 is 15.2 Å². The lowest BCUT2D eigenvalue weighted by Gasteiger charge is -2.28. The van der Waals surface area contributed by atoms with Crippen molar-refractivity contribution in [3.63, 3.8) is 0 Å². The van der Waals surface area contributed by atoms with Crippen molar-refractivity contribution in [3.05, 3.63) is 0 Å². The van der Waals surface area contributed by atoms with Gasteiger partial charge in [-0.15, -0.1) is 0 Å². The van der Waals surface area contributed by atoms with Crippen LogP contribution in [0.4, 0.5) is 13.2 Å². The Morgan fingerprint density at radius 3 is 2.35 bits per heavy atom. The van der Waals surface area contributed by atoms with E-state index in [1.165, 1.54) is 6.92 Å². The van der Waals surface area contributed by atoms with E-state index in [4.69, 9.17) is 5.11 Å². The van der Waals surface area contributed by atoms with Crippen molar-refractivity contribution < 1.29 is 27.8 Å². The van der Waals surface area contributed by atoms with Crippen LogP contribution in [0.3, 0.4) is 0 Å². The van der Waals surface area contributed by atoms with E-state index < -0.39 is 30.4 Å². The van der Waals surface area contributed by atoms with Crippen LogP contribution in [0.5, 0.6) is 0 Å². The van der Waals surface area contributed by atoms with Crippen molar-refractivity contribution in [2.45, 2.75) is 45.0 Å². The molecule has 0 aromatic carbocycles. The second-order valence-electron chi connectivity index (χ2n) is 4.06. The average molecular weight is 257 g/mol. The average Bonchev–Trinajstić information content (AvgIpc) is 2.21. The Balaban J connectivity index is 4.42. The summed E-state index contributed by atoms with van der Waals surface area (Å²) >= 11 is 0. The molecule has 0 saturated heterocycles. The molecule has 7 heteroatoms. The maximum Gasteiger partial charge on any atom is 0.414 e. The van der Waals surface area contributed by atoms with Crippen LogP contribution in [0.1, 0.15) is 27.2 Å². The first kappa shape index (κ1) is 16.2. The third-order valence-electron chi connectivity index (χ3n) is 2.32. The summed E-state index contributed by atoms with van der Waals surface area (Å²) in [6.07, 6.45) is -5.79. The summed E-state index contributed by atoms with van der Waals surface area (Å²) in [5.74, 6) is -1.24. The number of aliphatic carboxylic acids is 1. The Hall–Kier alpha value is -0.820. The van der Waals surface area contributed by atoms with Gasteiger partial charge in [0.2, 0.25) is 0 Å². The van der Waals surface area contributed by atoms with Crippen LogP contribution in [0.25, 0.3) is 0 Å². The number of halogens is 3. The molecule has 4 nitrogen and oxygen atoms in total. The molecular weight excluding hydrogens is 239 g/mol. The molecule has 102 valence electrons. The van der Waals surface area contributed by atoms with Crippen molar-refractivity contribution in [1.82, 2.24) is 5.32 Å². The number of rotatable bonds is 7. The van der Waals surface area contributed by atoms with E-state index in [2.05, 4.69) is 10.1 Å². The topological polar surface area (TPSA) is 58.6 Å². The van der Waals surface area contributed by atoms with Gasteiger partial charge in [0, 0.05) is 0 Å². The van der Waals surface area contributed by atoms with E-state index in [1.807, 2.05) is 6.92 Å². The minimum Gasteiger partial charge on any atom is -0.480 e. The Kier molecular flexibility index (Phi) is 5.91. The Labute approximate surface area is 98.1 Å². The van der Waals surface area contributed by atoms with Crippen molar-refractivity contribution >= 4 is 5.97 Å². The summed E-state index contributed by atoms with van der Waals surface area (Å²) in [7, 11) is 0. The first-order chi connectivity index (χ1) is 7.63. The third kappa shape index (κ3) is 5.36. The zero-order valence-electron chi connectivity index (χ0n) is 10.1. The van der Waals surface area contributed by atoms with Crippen LogP contribution in [0.2, 0.25) is 0 Å². The van der Waals surface area contributed by atoms with Gasteiger partial charge in [0.25, 0.3) is 0 Å². The molecule has 0 aliphatic heterocycles. The number of nitrogens with one attached hydrogen (secondary N) is 1. The van der Waals surface area contributed by atoms with Gasteiger partial charge in [-0.25, -0.2) is 0 Å². The summed E-state index contributed by atoms with van der Waals surface area (Å²) in [5.41, 5.74) is -1.50. The van der Waals surface area contributed by atoms with Gasteiger partial charge in [-0.05, 0) is 26.8 Å². The van der Waals surface area contributed by atoms with Crippen molar-refractivity contribution in [2.75, 3.05) is 13.2 Å². The van der Waals surface area contributed by atoms with Crippen LogP contribution in [0, 0.1) is 0 Å². The second kappa shape index (κ2) is 6.20. The van der Waals surface area contributed by atoms with Gasteiger partial charge in [-0.1, -0.05) is 6.92 Å². The highest BCUT2D eigenvalue weighted by Crippen LogP contribution is 2.23. The Morgan fingerprint density at radius 1 is 1.47 bits per heavy atom. The summed E-state index contributed by atoms with van der Waals surface area (Å²) < 4.78 is 41.1. The fraction of sp³-hybridized carbons (Fsp3) is 0.900. The molecule has 2 N–H and O–H groups in total. The second-order valence-corrected chi connectivity index (χ2v) is 4.06. The molecule has 2 atom stereocenters. The Morgan fingerprint density at radius 2 is 2.00 bits per heavy atom. The van der Waals surface area contributed by atoms with Crippen LogP contribution >= 0.6 is 0 Å². The number of alkyl halides is 3. The van der Waals surface area contributed by atoms with Crippen molar-refractivity contribution in [1.29, 1.82) is 0 Å². The van der Waals surface area contributed by atoms with E-state index in [0.717, 1.165) is 6.92 Å². The normalized spacial score (nSPS) is 17.5. The highest BCUT2D eigenvalue weighted by molar-refractivity contribution is 5.78. The monoisotopic (exact) mass is 257 g/mol. The summed E-state index contributed by atoms with van der Waals surface area (Å²) in [6, 6.07) is 0. The van der Waals surface area contributed by atoms with E-state index in [9.17, 15) is 18.0 Å². The molecule has 0 radical (unpaired) electrons. The minimum atomic E-state index is -4.48. The van der Waals surface area contributed by atoms with E-state index in [0.29, 0.717) is 13.0 Å². The van der Waals surface area contributed by atoms with E-state index in [1.54, 1.807) is 0 Å². The third-order valence-corrected chi connectivity index (χ3v) is 2.32. The molecule has 0 aliphatic carbocycles. The molecule has 0 bridgehead atoms. The number of carboxylic acid groups (broad SMARTS) is 1. The highest BCUT2D eigenvalue weighted by Gasteiger charge is 2.40. The van der Waals surface area contributed by atoms with Crippen LogP contribution in [-0.4, -0.2) is 42.0 Å². The van der Waals surface area contributed by atoms with E-state index >= 15 is 0 Å². The molecule has 0 rings (SSSR count). The molecule has 0 heterocycles. The lowest BCUT2D eigenvalue weighted by molar-refractivity contribution is -0.219. The van der Waals surface area contributed by atoms with Crippen molar-refractivity contribution in [3.8, 4) is 0 Å². The molecular formula is C10H18F3NO3. The van der Waals surface area contributed by atoms with Gasteiger partial charge in [0.15, 0.2) is 6.10 Å². The lowest BCUT2D eigenvalue weighted by atomic mass is 10.0. The molecule has 2 unspecified atom stereocenters. The first-order valence-electron chi connectivity index (χ1n) is 5.30. The van der Waals surface area contributed by atoms with Crippen molar-refractivity contribution in [2.24, 2.45) is 0 Å². The SMILES string of the molecule is CCCNC(C)(COC(C)C(F)(F)F)C(=O)O. The summed E-state index contributed by atoms with van der Waals surface area (Å²) in [6.45, 7) is 3.83. The maximum absolute atomic E-state index is 12.2. The molecule has 0 saturated carbocycles. The zero-order chi connectivity index (χ0) is 13.7. The fourth-order valence-electron chi connectivity index (χ4n) is 0.975. The molecule has 0 aromatic rings. The molecule has 0 amide bonds. The minimum absolute atomic E-state index is 0.395. The number of carboxylic acids is 1. The molecule has 0 fully saturated rings. The van der Waals surface area contributed by atoms with Crippen LogP contribution < -0.4 is 5.32 Å². The smallest absolute Gasteiger partial charge is 0.414 e. The number of ether oxygens (including phenoxy) is 1. The zero-order valence-corrected chi connectivity index (χ0v) is 10.1. The van der Waals surface area contributed by atoms with Crippen LogP contribution in [-0.2, 0) is 9.53 Å². The number of hydrogen-bond donors (Lipinski definition) is 2. The summed E-state index contributed by atoms with van der Waals surface area (Å²) in [4.78, 5) is 11.0. The molecule has 0 aromatic heterocycles. The number of hydrogen-bond acceptors (Lipinski definition) is 3. The predicted molar refractivity (Wildman–Crippen MR) is 55.8 cm³/mol. The Bertz CT molecular complexity index is 258. The fourth-order valence-corrected chi connectivity index (χ4v) is 0.975. The van der Waals surface area contributed by atoms with Gasteiger partial charge in [0.05, 0.1) is 6.61 Å². The standard InChI is InChI=1S/C10H18F3NO3/c1-4-5-14-9(3,8(15)16)6-17-7(2)10(11,12)13/h7,14H,4-6H2,1-3H3,(H,15,16). The molecule has 0 aliphatic rings. The molecule has 17 heavy (non-hydrogen) atoms. The predicted octanol–water partition coefficient (Wildman–Crippen LogP) is 1.80. The largest absolute Gasteiger partial charge is 0.480 e. The van der Waals surface area contributed by atoms with Crippen LogP contribution in [0.15, 0.2) is 0 Å². The molecule has 0 spiro atoms.